The fourth-order valence-corrected chi connectivity index (χ4v) is 2.15. The van der Waals surface area contributed by atoms with Gasteiger partial charge in [0.25, 0.3) is 5.91 Å². The summed E-state index contributed by atoms with van der Waals surface area (Å²) in [5, 5.41) is 2.79. The van der Waals surface area contributed by atoms with Crippen molar-refractivity contribution in [3.63, 3.8) is 0 Å². The number of benzene rings is 2. The van der Waals surface area contributed by atoms with Crippen molar-refractivity contribution >= 4 is 17.9 Å². The maximum atomic E-state index is 12.0. The van der Waals surface area contributed by atoms with E-state index in [1.54, 1.807) is 18.2 Å². The van der Waals surface area contributed by atoms with Gasteiger partial charge in [-0.05, 0) is 62.2 Å². The van der Waals surface area contributed by atoms with Gasteiger partial charge in [0, 0.05) is 11.3 Å². The molecular formula is C19H21NO4. The molecule has 0 aliphatic carbocycles. The number of anilines is 1. The Morgan fingerprint density at radius 2 is 1.83 bits per heavy atom. The van der Waals surface area contributed by atoms with Crippen LogP contribution in [0.2, 0.25) is 0 Å². The molecule has 5 heteroatoms. The minimum Gasteiger partial charge on any atom is -0.490 e. The standard InChI is InChI=1S/C19H21NO4/c1-4-23-18-10-15(11-21)6-8-17(18)24-12-19(22)20-16-7-5-13(2)14(3)9-16/h5-11H,4,12H2,1-3H3,(H,20,22). The Morgan fingerprint density at radius 1 is 1.04 bits per heavy atom. The minimum atomic E-state index is -0.264. The highest BCUT2D eigenvalue weighted by molar-refractivity contribution is 5.92. The van der Waals surface area contributed by atoms with Crippen LogP contribution in [-0.4, -0.2) is 25.4 Å². The van der Waals surface area contributed by atoms with Crippen LogP contribution >= 0.6 is 0 Å². The summed E-state index contributed by atoms with van der Waals surface area (Å²) in [5.41, 5.74) is 3.50. The van der Waals surface area contributed by atoms with Gasteiger partial charge in [0.2, 0.25) is 0 Å². The highest BCUT2D eigenvalue weighted by Crippen LogP contribution is 2.28. The summed E-state index contributed by atoms with van der Waals surface area (Å²) in [7, 11) is 0. The zero-order valence-corrected chi connectivity index (χ0v) is 14.1. The highest BCUT2D eigenvalue weighted by Gasteiger charge is 2.10. The van der Waals surface area contributed by atoms with Crippen molar-refractivity contribution < 1.29 is 19.1 Å². The average Bonchev–Trinajstić information content (AvgIpc) is 2.57. The Balaban J connectivity index is 2.00. The number of hydrogen-bond acceptors (Lipinski definition) is 4. The van der Waals surface area contributed by atoms with Crippen molar-refractivity contribution in [1.29, 1.82) is 0 Å². The summed E-state index contributed by atoms with van der Waals surface area (Å²) in [4.78, 5) is 22.9. The number of aldehydes is 1. The summed E-state index contributed by atoms with van der Waals surface area (Å²) in [6.07, 6.45) is 0.735. The van der Waals surface area contributed by atoms with Crippen molar-refractivity contribution in [2.45, 2.75) is 20.8 Å². The molecule has 0 atom stereocenters. The van der Waals surface area contributed by atoms with E-state index in [1.165, 1.54) is 5.56 Å². The molecule has 2 aromatic rings. The van der Waals surface area contributed by atoms with Crippen LogP contribution in [0.3, 0.4) is 0 Å². The Labute approximate surface area is 141 Å². The average molecular weight is 327 g/mol. The first-order valence-corrected chi connectivity index (χ1v) is 7.75. The Bertz CT molecular complexity index is 740. The van der Waals surface area contributed by atoms with Crippen LogP contribution in [0.15, 0.2) is 36.4 Å². The third-order valence-corrected chi connectivity index (χ3v) is 3.55. The summed E-state index contributed by atoms with van der Waals surface area (Å²) < 4.78 is 11.0. The molecule has 1 N–H and O–H groups in total. The largest absolute Gasteiger partial charge is 0.490 e. The minimum absolute atomic E-state index is 0.145. The number of nitrogens with one attached hydrogen (secondary N) is 1. The zero-order valence-electron chi connectivity index (χ0n) is 14.1. The van der Waals surface area contributed by atoms with E-state index in [0.29, 0.717) is 23.7 Å². The Morgan fingerprint density at radius 3 is 2.50 bits per heavy atom. The molecule has 24 heavy (non-hydrogen) atoms. The second-order valence-corrected chi connectivity index (χ2v) is 5.39. The lowest BCUT2D eigenvalue weighted by Gasteiger charge is -2.12. The van der Waals surface area contributed by atoms with E-state index in [1.807, 2.05) is 39.0 Å². The predicted octanol–water partition coefficient (Wildman–Crippen LogP) is 3.53. The monoisotopic (exact) mass is 327 g/mol. The first-order valence-electron chi connectivity index (χ1n) is 7.75. The molecule has 0 saturated heterocycles. The Kier molecular flexibility index (Phi) is 5.95. The Hall–Kier alpha value is -2.82. The molecule has 1 amide bonds. The molecule has 0 unspecified atom stereocenters. The molecule has 0 saturated carbocycles. The van der Waals surface area contributed by atoms with Gasteiger partial charge in [-0.15, -0.1) is 0 Å². The first kappa shape index (κ1) is 17.5. The van der Waals surface area contributed by atoms with E-state index in [0.717, 1.165) is 17.5 Å². The molecule has 0 aromatic heterocycles. The van der Waals surface area contributed by atoms with Crippen molar-refractivity contribution in [2.75, 3.05) is 18.5 Å². The molecule has 0 fully saturated rings. The van der Waals surface area contributed by atoms with Gasteiger partial charge in [0.1, 0.15) is 6.29 Å². The van der Waals surface area contributed by atoms with Crippen LogP contribution in [0, 0.1) is 13.8 Å². The van der Waals surface area contributed by atoms with E-state index >= 15 is 0 Å². The number of aryl methyl sites for hydroxylation is 2. The number of carbonyl (C=O) groups excluding carboxylic acids is 2. The second-order valence-electron chi connectivity index (χ2n) is 5.39. The maximum Gasteiger partial charge on any atom is 0.262 e. The molecule has 126 valence electrons. The number of amides is 1. The lowest BCUT2D eigenvalue weighted by molar-refractivity contribution is -0.118. The maximum absolute atomic E-state index is 12.0. The second kappa shape index (κ2) is 8.15. The zero-order chi connectivity index (χ0) is 17.5. The predicted molar refractivity (Wildman–Crippen MR) is 93.0 cm³/mol. The van der Waals surface area contributed by atoms with Crippen molar-refractivity contribution in [2.24, 2.45) is 0 Å². The first-order chi connectivity index (χ1) is 11.5. The van der Waals surface area contributed by atoms with E-state index in [2.05, 4.69) is 5.32 Å². The summed E-state index contributed by atoms with van der Waals surface area (Å²) in [6, 6.07) is 10.6. The summed E-state index contributed by atoms with van der Waals surface area (Å²) >= 11 is 0. The third-order valence-electron chi connectivity index (χ3n) is 3.55. The van der Waals surface area contributed by atoms with Crippen LogP contribution in [-0.2, 0) is 4.79 Å². The highest BCUT2D eigenvalue weighted by atomic mass is 16.5. The van der Waals surface area contributed by atoms with Crippen molar-refractivity contribution in [3.05, 3.63) is 53.1 Å². The molecule has 0 spiro atoms. The molecule has 0 radical (unpaired) electrons. The van der Waals surface area contributed by atoms with Crippen LogP contribution < -0.4 is 14.8 Å². The van der Waals surface area contributed by atoms with Gasteiger partial charge in [0.15, 0.2) is 18.1 Å². The normalized spacial score (nSPS) is 10.1. The quantitative estimate of drug-likeness (QED) is 0.790. The van der Waals surface area contributed by atoms with Gasteiger partial charge < -0.3 is 14.8 Å². The molecular weight excluding hydrogens is 306 g/mol. The van der Waals surface area contributed by atoms with Crippen LogP contribution in [0.1, 0.15) is 28.4 Å². The van der Waals surface area contributed by atoms with Gasteiger partial charge >= 0.3 is 0 Å². The van der Waals surface area contributed by atoms with Crippen molar-refractivity contribution in [1.82, 2.24) is 0 Å². The fourth-order valence-electron chi connectivity index (χ4n) is 2.15. The van der Waals surface area contributed by atoms with Crippen LogP contribution in [0.5, 0.6) is 11.5 Å². The molecule has 0 aliphatic rings. The van der Waals surface area contributed by atoms with Crippen LogP contribution in [0.4, 0.5) is 5.69 Å². The van der Waals surface area contributed by atoms with Gasteiger partial charge in [0.05, 0.1) is 6.61 Å². The van der Waals surface area contributed by atoms with Gasteiger partial charge in [-0.3, -0.25) is 9.59 Å². The molecule has 2 rings (SSSR count). The van der Waals surface area contributed by atoms with E-state index < -0.39 is 0 Å². The SMILES string of the molecule is CCOc1cc(C=O)ccc1OCC(=O)Nc1ccc(C)c(C)c1. The lowest BCUT2D eigenvalue weighted by atomic mass is 10.1. The van der Waals surface area contributed by atoms with E-state index in [4.69, 9.17) is 9.47 Å². The van der Waals surface area contributed by atoms with Gasteiger partial charge in [-0.1, -0.05) is 6.07 Å². The molecule has 5 nitrogen and oxygen atoms in total. The number of carbonyl (C=O) groups is 2. The topological polar surface area (TPSA) is 64.6 Å². The summed E-state index contributed by atoms with van der Waals surface area (Å²) in [6.45, 7) is 6.14. The number of ether oxygens (including phenoxy) is 2. The summed E-state index contributed by atoms with van der Waals surface area (Å²) in [5.74, 6) is 0.610. The molecule has 2 aromatic carbocycles. The van der Waals surface area contributed by atoms with E-state index in [-0.39, 0.29) is 12.5 Å². The van der Waals surface area contributed by atoms with Gasteiger partial charge in [-0.2, -0.15) is 0 Å². The lowest BCUT2D eigenvalue weighted by Crippen LogP contribution is -2.20. The molecule has 0 heterocycles. The number of rotatable bonds is 7. The van der Waals surface area contributed by atoms with Gasteiger partial charge in [-0.25, -0.2) is 0 Å². The van der Waals surface area contributed by atoms with Crippen LogP contribution in [0.25, 0.3) is 0 Å². The van der Waals surface area contributed by atoms with E-state index in [9.17, 15) is 9.59 Å². The smallest absolute Gasteiger partial charge is 0.262 e. The fraction of sp³-hybridized carbons (Fsp3) is 0.263. The van der Waals surface area contributed by atoms with Crippen molar-refractivity contribution in [3.8, 4) is 11.5 Å². The number of hydrogen-bond donors (Lipinski definition) is 1. The molecule has 0 bridgehead atoms. The molecule has 0 aliphatic heterocycles. The third kappa shape index (κ3) is 4.59.